The summed E-state index contributed by atoms with van der Waals surface area (Å²) in [6, 6.07) is 15.9. The number of anilines is 1. The fraction of sp³-hybridized carbons (Fsp3) is 0.348. The molecule has 0 bridgehead atoms. The van der Waals surface area contributed by atoms with Crippen molar-refractivity contribution in [2.45, 2.75) is 38.1 Å². The van der Waals surface area contributed by atoms with Crippen molar-refractivity contribution < 1.29 is 14.6 Å². The maximum atomic E-state index is 11.3. The first kappa shape index (κ1) is 20.5. The van der Waals surface area contributed by atoms with Crippen molar-refractivity contribution in [2.24, 2.45) is 9.98 Å². The van der Waals surface area contributed by atoms with E-state index in [0.29, 0.717) is 5.17 Å². The number of aryl methyl sites for hydroxylation is 1. The van der Waals surface area contributed by atoms with Gasteiger partial charge in [0.25, 0.3) is 0 Å². The Morgan fingerprint density at radius 2 is 1.90 bits per heavy atom. The van der Waals surface area contributed by atoms with E-state index in [1.54, 1.807) is 7.11 Å². The van der Waals surface area contributed by atoms with Crippen LogP contribution < -0.4 is 9.64 Å². The zero-order chi connectivity index (χ0) is 21.1. The summed E-state index contributed by atoms with van der Waals surface area (Å²) in [5, 5.41) is 9.94. The van der Waals surface area contributed by atoms with Crippen LogP contribution in [0, 0.1) is 6.92 Å². The molecule has 156 valence electrons. The largest absolute Gasteiger partial charge is 0.497 e. The van der Waals surface area contributed by atoms with Gasteiger partial charge in [-0.2, -0.15) is 0 Å². The molecule has 1 aliphatic heterocycles. The average molecular weight is 424 g/mol. The molecule has 0 unspecified atom stereocenters. The van der Waals surface area contributed by atoms with Gasteiger partial charge in [0.15, 0.2) is 11.0 Å². The zero-order valence-electron chi connectivity index (χ0n) is 17.2. The summed E-state index contributed by atoms with van der Waals surface area (Å²) in [7, 11) is 1.64. The maximum Gasteiger partial charge on any atom is 0.313 e. The highest BCUT2D eigenvalue weighted by atomic mass is 32.2. The number of ether oxygens (including phenoxy) is 1. The molecule has 0 amide bonds. The van der Waals surface area contributed by atoms with E-state index in [1.165, 1.54) is 11.8 Å². The van der Waals surface area contributed by atoms with Crippen molar-refractivity contribution >= 4 is 40.1 Å². The van der Waals surface area contributed by atoms with E-state index in [2.05, 4.69) is 4.90 Å². The predicted molar refractivity (Wildman–Crippen MR) is 122 cm³/mol. The first-order chi connectivity index (χ1) is 14.5. The fourth-order valence-electron chi connectivity index (χ4n) is 4.18. The van der Waals surface area contributed by atoms with Crippen molar-refractivity contribution in [1.29, 1.82) is 0 Å². The molecular formula is C23H25N3O3S. The first-order valence-corrected chi connectivity index (χ1v) is 11.0. The summed E-state index contributed by atoms with van der Waals surface area (Å²) in [4.78, 5) is 23.3. The molecule has 30 heavy (non-hydrogen) atoms. The van der Waals surface area contributed by atoms with Crippen LogP contribution in [-0.2, 0) is 4.79 Å². The van der Waals surface area contributed by atoms with Crippen LogP contribution in [-0.4, -0.2) is 40.5 Å². The van der Waals surface area contributed by atoms with Crippen LogP contribution in [0.4, 0.5) is 11.4 Å². The molecule has 7 heteroatoms. The maximum absolute atomic E-state index is 11.3. The number of aliphatic carboxylic acids is 1. The van der Waals surface area contributed by atoms with Gasteiger partial charge in [0.05, 0.1) is 18.6 Å². The lowest BCUT2D eigenvalue weighted by Gasteiger charge is -2.36. The van der Waals surface area contributed by atoms with Crippen LogP contribution >= 0.6 is 11.8 Å². The molecule has 2 aliphatic rings. The summed E-state index contributed by atoms with van der Waals surface area (Å²) >= 11 is 1.25. The van der Waals surface area contributed by atoms with Crippen molar-refractivity contribution in [3.05, 3.63) is 54.1 Å². The van der Waals surface area contributed by atoms with Gasteiger partial charge in [-0.15, -0.1) is 0 Å². The van der Waals surface area contributed by atoms with Gasteiger partial charge in [-0.05, 0) is 55.7 Å². The van der Waals surface area contributed by atoms with Crippen molar-refractivity contribution in [3.63, 3.8) is 0 Å². The Labute approximate surface area is 180 Å². The lowest BCUT2D eigenvalue weighted by Crippen LogP contribution is -2.49. The highest BCUT2D eigenvalue weighted by Gasteiger charge is 2.51. The van der Waals surface area contributed by atoms with Crippen molar-refractivity contribution in [2.75, 3.05) is 17.8 Å². The van der Waals surface area contributed by atoms with Gasteiger partial charge in [0.1, 0.15) is 11.3 Å². The molecule has 1 aliphatic carbocycles. The summed E-state index contributed by atoms with van der Waals surface area (Å²) < 4.78 is 5.31. The monoisotopic (exact) mass is 423 g/mol. The third-order valence-corrected chi connectivity index (χ3v) is 6.59. The SMILES string of the molecule is COc1ccc(N2C(SCC(=O)O)=NC(=Nc3ccccc3C)C23CCCC3)cc1. The first-order valence-electron chi connectivity index (χ1n) is 10.1. The van der Waals surface area contributed by atoms with E-state index in [9.17, 15) is 9.90 Å². The molecule has 6 nitrogen and oxygen atoms in total. The van der Waals surface area contributed by atoms with Crippen LogP contribution in [0.5, 0.6) is 5.75 Å². The number of aliphatic imine (C=N–C) groups is 2. The Kier molecular flexibility index (Phi) is 5.81. The second kappa shape index (κ2) is 8.52. The van der Waals surface area contributed by atoms with Crippen LogP contribution in [0.25, 0.3) is 0 Å². The van der Waals surface area contributed by atoms with Crippen molar-refractivity contribution in [3.8, 4) is 5.75 Å². The number of carbonyl (C=O) groups is 1. The lowest BCUT2D eigenvalue weighted by molar-refractivity contribution is -0.133. The Morgan fingerprint density at radius 3 is 2.53 bits per heavy atom. The van der Waals surface area contributed by atoms with Crippen molar-refractivity contribution in [1.82, 2.24) is 0 Å². The number of thioether (sulfide) groups is 1. The highest BCUT2D eigenvalue weighted by Crippen LogP contribution is 2.46. The zero-order valence-corrected chi connectivity index (χ0v) is 18.0. The molecule has 1 N–H and O–H groups in total. The molecule has 0 radical (unpaired) electrons. The molecule has 1 heterocycles. The molecule has 1 spiro atoms. The lowest BCUT2D eigenvalue weighted by atomic mass is 9.94. The van der Waals surface area contributed by atoms with E-state index < -0.39 is 5.97 Å². The van der Waals surface area contributed by atoms with E-state index in [1.807, 2.05) is 55.5 Å². The fourth-order valence-corrected chi connectivity index (χ4v) is 4.99. The number of hydrogen-bond donors (Lipinski definition) is 1. The van der Waals surface area contributed by atoms with Crippen LogP contribution in [0.3, 0.4) is 0 Å². The van der Waals surface area contributed by atoms with E-state index in [4.69, 9.17) is 14.7 Å². The number of para-hydroxylation sites is 1. The van der Waals surface area contributed by atoms with Gasteiger partial charge in [-0.1, -0.05) is 42.8 Å². The molecule has 0 saturated heterocycles. The van der Waals surface area contributed by atoms with E-state index in [0.717, 1.165) is 54.2 Å². The molecule has 0 aromatic heterocycles. The molecule has 2 aromatic rings. The van der Waals surface area contributed by atoms with Gasteiger partial charge < -0.3 is 14.7 Å². The second-order valence-electron chi connectivity index (χ2n) is 7.57. The normalized spacial score (nSPS) is 18.8. The third kappa shape index (κ3) is 3.81. The molecule has 0 atom stereocenters. The molecule has 4 rings (SSSR count). The Balaban J connectivity index is 1.82. The molecule has 1 saturated carbocycles. The second-order valence-corrected chi connectivity index (χ2v) is 8.51. The number of benzene rings is 2. The standard InChI is InChI=1S/C23H25N3O3S/c1-16-7-3-4-8-19(16)24-21-23(13-5-6-14-23)26(22(25-21)30-15-20(27)28)17-9-11-18(29-2)12-10-17/h3-4,7-12H,5-6,13-15H2,1-2H3,(H,27,28). The third-order valence-electron chi connectivity index (χ3n) is 5.66. The minimum Gasteiger partial charge on any atom is -0.497 e. The quantitative estimate of drug-likeness (QED) is 0.729. The Bertz CT molecular complexity index is 995. The smallest absolute Gasteiger partial charge is 0.313 e. The molecule has 2 aromatic carbocycles. The van der Waals surface area contributed by atoms with Gasteiger partial charge in [-0.3, -0.25) is 4.79 Å². The Hall–Kier alpha value is -2.80. The molecular weight excluding hydrogens is 398 g/mol. The van der Waals surface area contributed by atoms with Crippen LogP contribution in [0.2, 0.25) is 0 Å². The minimum atomic E-state index is -0.859. The van der Waals surface area contributed by atoms with Gasteiger partial charge >= 0.3 is 5.97 Å². The summed E-state index contributed by atoms with van der Waals surface area (Å²) in [5.74, 6) is 0.656. The number of rotatable bonds is 5. The van der Waals surface area contributed by atoms with E-state index >= 15 is 0 Å². The minimum absolute atomic E-state index is 0.0424. The summed E-state index contributed by atoms with van der Waals surface area (Å²) in [6.07, 6.45) is 4.05. The number of hydrogen-bond acceptors (Lipinski definition) is 5. The predicted octanol–water partition coefficient (Wildman–Crippen LogP) is 5.04. The summed E-state index contributed by atoms with van der Waals surface area (Å²) in [6.45, 7) is 2.04. The number of amidine groups is 2. The Morgan fingerprint density at radius 1 is 1.20 bits per heavy atom. The van der Waals surface area contributed by atoms with Crippen LogP contribution in [0.1, 0.15) is 31.2 Å². The number of methoxy groups -OCH3 is 1. The van der Waals surface area contributed by atoms with Gasteiger partial charge in [0, 0.05) is 5.69 Å². The summed E-state index contributed by atoms with van der Waals surface area (Å²) in [5.41, 5.74) is 2.62. The average Bonchev–Trinajstić information content (AvgIpc) is 3.34. The van der Waals surface area contributed by atoms with Gasteiger partial charge in [0.2, 0.25) is 0 Å². The van der Waals surface area contributed by atoms with Gasteiger partial charge in [-0.25, -0.2) is 9.98 Å². The number of carboxylic acids is 1. The highest BCUT2D eigenvalue weighted by molar-refractivity contribution is 8.14. The van der Waals surface area contributed by atoms with E-state index in [-0.39, 0.29) is 11.3 Å². The number of nitrogens with zero attached hydrogens (tertiary/aromatic N) is 3. The van der Waals surface area contributed by atoms with Crippen LogP contribution in [0.15, 0.2) is 58.5 Å². The number of carboxylic acid groups (broad SMARTS) is 1. The molecule has 1 fully saturated rings. The topological polar surface area (TPSA) is 74.5 Å².